The number of amides is 1. The fraction of sp³-hybridized carbons (Fsp3) is 0.500. The minimum atomic E-state index is -3.09. The van der Waals surface area contributed by atoms with E-state index in [1.54, 1.807) is 6.08 Å². The molecular formula is C18H23NO3S. The van der Waals surface area contributed by atoms with Crippen LogP contribution in [0.25, 0.3) is 0 Å². The third-order valence-corrected chi connectivity index (χ3v) is 6.49. The van der Waals surface area contributed by atoms with Crippen molar-refractivity contribution in [3.05, 3.63) is 47.4 Å². The highest BCUT2D eigenvalue weighted by Crippen LogP contribution is 2.40. The Kier molecular flexibility index (Phi) is 4.57. The van der Waals surface area contributed by atoms with E-state index >= 15 is 0 Å². The molecule has 1 N–H and O–H groups in total. The molecule has 0 spiro atoms. The van der Waals surface area contributed by atoms with Crippen LogP contribution < -0.4 is 5.32 Å². The number of benzene rings is 1. The van der Waals surface area contributed by atoms with E-state index in [9.17, 15) is 13.2 Å². The van der Waals surface area contributed by atoms with Crippen molar-refractivity contribution in [3.63, 3.8) is 0 Å². The van der Waals surface area contributed by atoms with Crippen LogP contribution in [0.5, 0.6) is 0 Å². The highest BCUT2D eigenvalue weighted by molar-refractivity contribution is 7.94. The molecule has 2 aliphatic rings. The summed E-state index contributed by atoms with van der Waals surface area (Å²) in [4.78, 5) is 12.2. The smallest absolute Gasteiger partial charge is 0.220 e. The Labute approximate surface area is 137 Å². The van der Waals surface area contributed by atoms with Crippen LogP contribution in [-0.2, 0) is 20.0 Å². The van der Waals surface area contributed by atoms with Crippen molar-refractivity contribution in [3.8, 4) is 0 Å². The van der Waals surface area contributed by atoms with E-state index in [1.807, 2.05) is 18.2 Å². The van der Waals surface area contributed by atoms with Crippen LogP contribution in [0.3, 0.4) is 0 Å². The van der Waals surface area contributed by atoms with Crippen molar-refractivity contribution in [1.29, 1.82) is 0 Å². The molecule has 1 aromatic rings. The molecule has 1 aromatic carbocycles. The average Bonchev–Trinajstić information content (AvgIpc) is 3.14. The van der Waals surface area contributed by atoms with Crippen molar-refractivity contribution >= 4 is 15.7 Å². The highest BCUT2D eigenvalue weighted by Gasteiger charge is 2.36. The van der Waals surface area contributed by atoms with Crippen molar-refractivity contribution in [1.82, 2.24) is 5.32 Å². The Morgan fingerprint density at radius 2 is 1.87 bits per heavy atom. The number of sulfone groups is 1. The minimum Gasteiger partial charge on any atom is -0.355 e. The lowest BCUT2D eigenvalue weighted by atomic mass is 9.79. The third-order valence-electron chi connectivity index (χ3n) is 5.02. The first-order chi connectivity index (χ1) is 11.0. The van der Waals surface area contributed by atoms with Crippen LogP contribution >= 0.6 is 0 Å². The van der Waals surface area contributed by atoms with E-state index in [4.69, 9.17) is 0 Å². The zero-order valence-corrected chi connectivity index (χ0v) is 14.0. The predicted molar refractivity (Wildman–Crippen MR) is 90.6 cm³/mol. The zero-order valence-electron chi connectivity index (χ0n) is 13.2. The summed E-state index contributed by atoms with van der Waals surface area (Å²) in [5, 5.41) is 4.28. The van der Waals surface area contributed by atoms with Crippen molar-refractivity contribution < 1.29 is 13.2 Å². The summed E-state index contributed by atoms with van der Waals surface area (Å²) in [6.45, 7) is 0.638. The van der Waals surface area contributed by atoms with Gasteiger partial charge in [0.05, 0.1) is 5.75 Å². The maximum absolute atomic E-state index is 12.2. The van der Waals surface area contributed by atoms with Crippen molar-refractivity contribution in [2.75, 3.05) is 12.3 Å². The summed E-state index contributed by atoms with van der Waals surface area (Å²) in [5.74, 6) is -0.181. The largest absolute Gasteiger partial charge is 0.355 e. The van der Waals surface area contributed by atoms with Crippen LogP contribution in [-0.4, -0.2) is 26.6 Å². The Balaban J connectivity index is 1.60. The maximum atomic E-state index is 12.2. The molecule has 1 atom stereocenters. The SMILES string of the molecule is O=C(CC1C=CS(=O)(=O)C1)NCC1(c2ccccc2)CCCC1. The summed E-state index contributed by atoms with van der Waals surface area (Å²) in [5.41, 5.74) is 1.33. The second-order valence-electron chi connectivity index (χ2n) is 6.75. The van der Waals surface area contributed by atoms with Gasteiger partial charge in [0.1, 0.15) is 0 Å². The quantitative estimate of drug-likeness (QED) is 0.901. The van der Waals surface area contributed by atoms with Gasteiger partial charge < -0.3 is 5.32 Å². The predicted octanol–water partition coefficient (Wildman–Crippen LogP) is 2.56. The van der Waals surface area contributed by atoms with Gasteiger partial charge in [0.2, 0.25) is 5.91 Å². The Bertz CT molecular complexity index is 688. The van der Waals surface area contributed by atoms with Gasteiger partial charge >= 0.3 is 0 Å². The van der Waals surface area contributed by atoms with Crippen LogP contribution in [0.2, 0.25) is 0 Å². The van der Waals surface area contributed by atoms with Gasteiger partial charge in [-0.1, -0.05) is 49.2 Å². The van der Waals surface area contributed by atoms with Gasteiger partial charge in [0, 0.05) is 29.7 Å². The van der Waals surface area contributed by atoms with Crippen LogP contribution in [0.4, 0.5) is 0 Å². The second-order valence-corrected chi connectivity index (χ2v) is 8.68. The van der Waals surface area contributed by atoms with E-state index in [0.717, 1.165) is 12.8 Å². The van der Waals surface area contributed by atoms with Gasteiger partial charge in [-0.25, -0.2) is 8.42 Å². The number of nitrogens with one attached hydrogen (secondary N) is 1. The molecule has 23 heavy (non-hydrogen) atoms. The molecule has 0 bridgehead atoms. The van der Waals surface area contributed by atoms with Gasteiger partial charge in [0.25, 0.3) is 0 Å². The summed E-state index contributed by atoms with van der Waals surface area (Å²) < 4.78 is 22.8. The standard InChI is InChI=1S/C18H23NO3S/c20-17(12-15-8-11-23(21,22)13-15)19-14-18(9-4-5-10-18)16-6-2-1-3-7-16/h1-3,6-8,11,15H,4-5,9-10,12-14H2,(H,19,20). The molecule has 1 fully saturated rings. The van der Waals surface area contributed by atoms with Crippen LogP contribution in [0.15, 0.2) is 41.8 Å². The molecule has 1 heterocycles. The zero-order chi connectivity index (χ0) is 16.3. The molecule has 0 saturated heterocycles. The molecule has 1 aliphatic heterocycles. The minimum absolute atomic E-state index is 0.0362. The number of carbonyl (C=O) groups is 1. The fourth-order valence-electron chi connectivity index (χ4n) is 3.76. The molecule has 0 radical (unpaired) electrons. The van der Waals surface area contributed by atoms with E-state index in [0.29, 0.717) is 6.54 Å². The number of rotatable bonds is 5. The van der Waals surface area contributed by atoms with E-state index in [2.05, 4.69) is 17.4 Å². The van der Waals surface area contributed by atoms with Gasteiger partial charge in [-0.2, -0.15) is 0 Å². The third kappa shape index (κ3) is 3.83. The monoisotopic (exact) mass is 333 g/mol. The molecule has 124 valence electrons. The van der Waals surface area contributed by atoms with E-state index < -0.39 is 9.84 Å². The number of hydrogen-bond donors (Lipinski definition) is 1. The first-order valence-electron chi connectivity index (χ1n) is 8.22. The van der Waals surface area contributed by atoms with Crippen molar-refractivity contribution in [2.24, 2.45) is 5.92 Å². The Morgan fingerprint density at radius 3 is 2.48 bits per heavy atom. The van der Waals surface area contributed by atoms with Gasteiger partial charge in [0.15, 0.2) is 9.84 Å². The number of carbonyl (C=O) groups excluding carboxylic acids is 1. The van der Waals surface area contributed by atoms with Gasteiger partial charge in [-0.05, 0) is 18.4 Å². The topological polar surface area (TPSA) is 63.2 Å². The lowest BCUT2D eigenvalue weighted by molar-refractivity contribution is -0.121. The maximum Gasteiger partial charge on any atom is 0.220 e. The van der Waals surface area contributed by atoms with Crippen LogP contribution in [0.1, 0.15) is 37.7 Å². The van der Waals surface area contributed by atoms with Crippen molar-refractivity contribution in [2.45, 2.75) is 37.5 Å². The molecule has 1 aliphatic carbocycles. The molecule has 5 heteroatoms. The summed E-state index contributed by atoms with van der Waals surface area (Å²) in [6.07, 6.45) is 6.45. The van der Waals surface area contributed by atoms with Gasteiger partial charge in [-0.3, -0.25) is 4.79 Å². The Hall–Kier alpha value is -1.62. The van der Waals surface area contributed by atoms with Crippen LogP contribution in [0, 0.1) is 5.92 Å². The Morgan fingerprint density at radius 1 is 1.17 bits per heavy atom. The first-order valence-corrected chi connectivity index (χ1v) is 9.94. The highest BCUT2D eigenvalue weighted by atomic mass is 32.2. The normalized spacial score (nSPS) is 24.6. The second kappa shape index (κ2) is 6.48. The number of allylic oxidation sites excluding steroid dienone is 1. The number of hydrogen-bond acceptors (Lipinski definition) is 3. The molecule has 1 unspecified atom stereocenters. The molecular weight excluding hydrogens is 310 g/mol. The molecule has 0 aromatic heterocycles. The lowest BCUT2D eigenvalue weighted by Crippen LogP contribution is -2.39. The fourth-order valence-corrected chi connectivity index (χ4v) is 5.15. The summed E-state index contributed by atoms with van der Waals surface area (Å²) >= 11 is 0. The molecule has 1 saturated carbocycles. The average molecular weight is 333 g/mol. The van der Waals surface area contributed by atoms with E-state index in [-0.39, 0.29) is 29.4 Å². The molecule has 4 nitrogen and oxygen atoms in total. The van der Waals surface area contributed by atoms with Gasteiger partial charge in [-0.15, -0.1) is 0 Å². The lowest BCUT2D eigenvalue weighted by Gasteiger charge is -2.30. The summed E-state index contributed by atoms with van der Waals surface area (Å²) in [7, 11) is -3.09. The first kappa shape index (κ1) is 16.2. The van der Waals surface area contributed by atoms with E-state index in [1.165, 1.54) is 23.8 Å². The summed E-state index contributed by atoms with van der Waals surface area (Å²) in [6, 6.07) is 10.4. The molecule has 1 amide bonds. The molecule has 3 rings (SSSR count).